The van der Waals surface area contributed by atoms with Crippen LogP contribution < -0.4 is 4.72 Å². The Kier molecular flexibility index (Phi) is 5.46. The maximum absolute atomic E-state index is 12.5. The summed E-state index contributed by atoms with van der Waals surface area (Å²) in [5, 5.41) is 0.118. The van der Waals surface area contributed by atoms with Crippen molar-refractivity contribution in [3.8, 4) is 0 Å². The number of anilines is 1. The maximum atomic E-state index is 12.5. The van der Waals surface area contributed by atoms with Crippen molar-refractivity contribution >= 4 is 77.4 Å². The lowest BCUT2D eigenvalue weighted by Gasteiger charge is -2.12. The van der Waals surface area contributed by atoms with E-state index < -0.39 is 10.0 Å². The van der Waals surface area contributed by atoms with Crippen molar-refractivity contribution in [1.29, 1.82) is 0 Å². The lowest BCUT2D eigenvalue weighted by Crippen LogP contribution is -2.14. The third-order valence-corrected chi connectivity index (χ3v) is 6.58. The Hall–Kier alpha value is -0.0200. The van der Waals surface area contributed by atoms with Gasteiger partial charge in [-0.15, -0.1) is 0 Å². The molecule has 0 amide bonds. The van der Waals surface area contributed by atoms with Gasteiger partial charge in [0, 0.05) is 13.7 Å². The molecule has 0 saturated heterocycles. The van der Waals surface area contributed by atoms with Gasteiger partial charge in [-0.1, -0.05) is 45.2 Å². The van der Waals surface area contributed by atoms with Crippen molar-refractivity contribution in [3.05, 3.63) is 54.0 Å². The van der Waals surface area contributed by atoms with Crippen LogP contribution in [0.5, 0.6) is 0 Å². The highest BCUT2D eigenvalue weighted by Gasteiger charge is 2.22. The van der Waals surface area contributed by atoms with Gasteiger partial charge in [0.25, 0.3) is 10.0 Å². The van der Waals surface area contributed by atoms with Crippen LogP contribution in [0.2, 0.25) is 10.0 Å². The number of benzene rings is 2. The fourth-order valence-corrected chi connectivity index (χ4v) is 5.15. The predicted octanol–water partition coefficient (Wildman–Crippen LogP) is 5.47. The zero-order valence-corrected chi connectivity index (χ0v) is 16.7. The van der Waals surface area contributed by atoms with Gasteiger partial charge in [-0.3, -0.25) is 4.72 Å². The first kappa shape index (κ1) is 17.3. The number of halogens is 4. The van der Waals surface area contributed by atoms with E-state index in [1.54, 1.807) is 12.1 Å². The number of nitrogens with one attached hydrogen (secondary N) is 1. The average molecular weight is 521 g/mol. The van der Waals surface area contributed by atoms with Gasteiger partial charge in [0.05, 0.1) is 10.0 Å². The molecule has 0 fully saturated rings. The van der Waals surface area contributed by atoms with Gasteiger partial charge in [-0.2, -0.15) is 0 Å². The van der Waals surface area contributed by atoms with Crippen LogP contribution in [0.1, 0.15) is 5.56 Å². The zero-order valence-electron chi connectivity index (χ0n) is 10.6. The van der Waals surface area contributed by atoms with Gasteiger partial charge in [0.15, 0.2) is 0 Å². The van der Waals surface area contributed by atoms with Crippen LogP contribution in [0.15, 0.2) is 39.7 Å². The van der Waals surface area contributed by atoms with Gasteiger partial charge in [-0.25, -0.2) is 8.42 Å². The third kappa shape index (κ3) is 4.04. The molecule has 8 heteroatoms. The van der Waals surface area contributed by atoms with E-state index in [1.807, 2.05) is 13.0 Å². The lowest BCUT2D eigenvalue weighted by atomic mass is 10.2. The molecule has 2 aromatic rings. The topological polar surface area (TPSA) is 46.2 Å². The van der Waals surface area contributed by atoms with E-state index in [4.69, 9.17) is 23.2 Å². The largest absolute Gasteiger partial charge is 0.280 e. The van der Waals surface area contributed by atoms with Gasteiger partial charge < -0.3 is 0 Å². The van der Waals surface area contributed by atoms with Gasteiger partial charge in [0.2, 0.25) is 0 Å². The lowest BCUT2D eigenvalue weighted by molar-refractivity contribution is 0.601. The molecule has 0 radical (unpaired) electrons. The van der Waals surface area contributed by atoms with E-state index in [0.29, 0.717) is 10.2 Å². The van der Waals surface area contributed by atoms with E-state index in [0.717, 1.165) is 9.13 Å². The van der Waals surface area contributed by atoms with Crippen molar-refractivity contribution in [1.82, 2.24) is 0 Å². The Morgan fingerprint density at radius 3 is 2.24 bits per heavy atom. The average Bonchev–Trinajstić information content (AvgIpc) is 2.31. The molecule has 0 unspecified atom stereocenters. The second-order valence-corrected chi connectivity index (χ2v) is 8.78. The first-order chi connectivity index (χ1) is 9.70. The minimum Gasteiger partial charge on any atom is -0.280 e. The third-order valence-electron chi connectivity index (χ3n) is 2.66. The number of hydrogen-bond acceptors (Lipinski definition) is 2. The Morgan fingerprint density at radius 2 is 1.71 bits per heavy atom. The summed E-state index contributed by atoms with van der Waals surface area (Å²) in [6.07, 6.45) is 0. The van der Waals surface area contributed by atoms with Crippen LogP contribution in [0.3, 0.4) is 0 Å². The first-order valence-corrected chi connectivity index (χ1v) is 9.75. The summed E-state index contributed by atoms with van der Waals surface area (Å²) in [5.74, 6) is 0. The Morgan fingerprint density at radius 1 is 1.14 bits per heavy atom. The van der Waals surface area contributed by atoms with Crippen LogP contribution in [0.25, 0.3) is 0 Å². The molecule has 0 atom stereocenters. The number of rotatable bonds is 3. The highest BCUT2D eigenvalue weighted by molar-refractivity contribution is 14.1. The molecule has 0 saturated carbocycles. The SMILES string of the molecule is Cc1ccc(NS(=O)(=O)c2c(Cl)cc(Br)cc2Cl)cc1I. The van der Waals surface area contributed by atoms with Gasteiger partial charge in [-0.05, 0) is 59.3 Å². The minimum atomic E-state index is -3.86. The Bertz CT molecular complexity index is 789. The van der Waals surface area contributed by atoms with E-state index in [2.05, 4.69) is 43.2 Å². The van der Waals surface area contributed by atoms with Crippen molar-refractivity contribution in [2.45, 2.75) is 11.8 Å². The summed E-state index contributed by atoms with van der Waals surface area (Å²) in [7, 11) is -3.86. The molecule has 2 rings (SSSR count). The highest BCUT2D eigenvalue weighted by Crippen LogP contribution is 2.34. The molecule has 3 nitrogen and oxygen atoms in total. The fourth-order valence-electron chi connectivity index (χ4n) is 1.65. The van der Waals surface area contributed by atoms with E-state index >= 15 is 0 Å². The molecule has 112 valence electrons. The molecule has 0 aliphatic rings. The summed E-state index contributed by atoms with van der Waals surface area (Å²) >= 11 is 17.4. The summed E-state index contributed by atoms with van der Waals surface area (Å²) in [6.45, 7) is 1.95. The van der Waals surface area contributed by atoms with E-state index in [-0.39, 0.29) is 14.9 Å². The summed E-state index contributed by atoms with van der Waals surface area (Å²) in [4.78, 5) is -0.135. The molecule has 0 heterocycles. The molecule has 2 aromatic carbocycles. The molecule has 1 N–H and O–H groups in total. The van der Waals surface area contributed by atoms with Crippen molar-refractivity contribution < 1.29 is 8.42 Å². The first-order valence-electron chi connectivity index (χ1n) is 5.64. The second-order valence-electron chi connectivity index (χ2n) is 4.27. The minimum absolute atomic E-state index is 0.0590. The maximum Gasteiger partial charge on any atom is 0.264 e. The second kappa shape index (κ2) is 6.62. The molecular formula is C13H9BrCl2INO2S. The van der Waals surface area contributed by atoms with Crippen LogP contribution in [0, 0.1) is 10.5 Å². The summed E-state index contributed by atoms with van der Waals surface area (Å²) in [6, 6.07) is 8.25. The van der Waals surface area contributed by atoms with Crippen LogP contribution in [-0.4, -0.2) is 8.42 Å². The number of hydrogen-bond donors (Lipinski definition) is 1. The molecule has 0 bridgehead atoms. The summed E-state index contributed by atoms with van der Waals surface area (Å²) < 4.78 is 29.0. The van der Waals surface area contributed by atoms with Crippen molar-refractivity contribution in [2.24, 2.45) is 0 Å². The summed E-state index contributed by atoms with van der Waals surface area (Å²) in [5.41, 5.74) is 1.53. The van der Waals surface area contributed by atoms with Gasteiger partial charge >= 0.3 is 0 Å². The fraction of sp³-hybridized carbons (Fsp3) is 0.0769. The quantitative estimate of drug-likeness (QED) is 0.546. The van der Waals surface area contributed by atoms with Gasteiger partial charge in [0.1, 0.15) is 4.90 Å². The number of sulfonamides is 1. The molecule has 21 heavy (non-hydrogen) atoms. The standard InChI is InChI=1S/C13H9BrCl2INO2S/c1-7-2-3-9(6-12(7)17)18-21(19,20)13-10(15)4-8(14)5-11(13)16/h2-6,18H,1H3. The Labute approximate surface area is 155 Å². The molecule has 0 spiro atoms. The molecule has 0 aliphatic heterocycles. The Balaban J connectivity index is 2.46. The molecular weight excluding hydrogens is 512 g/mol. The zero-order chi connectivity index (χ0) is 15.8. The van der Waals surface area contributed by atoms with Crippen LogP contribution in [0.4, 0.5) is 5.69 Å². The van der Waals surface area contributed by atoms with Crippen LogP contribution in [-0.2, 0) is 10.0 Å². The molecule has 0 aromatic heterocycles. The monoisotopic (exact) mass is 519 g/mol. The van der Waals surface area contributed by atoms with Crippen molar-refractivity contribution in [2.75, 3.05) is 4.72 Å². The van der Waals surface area contributed by atoms with E-state index in [1.165, 1.54) is 12.1 Å². The predicted molar refractivity (Wildman–Crippen MR) is 98.9 cm³/mol. The van der Waals surface area contributed by atoms with Crippen molar-refractivity contribution in [3.63, 3.8) is 0 Å². The van der Waals surface area contributed by atoms with Crippen LogP contribution >= 0.6 is 61.7 Å². The normalized spacial score (nSPS) is 11.5. The highest BCUT2D eigenvalue weighted by atomic mass is 127. The molecule has 0 aliphatic carbocycles. The van der Waals surface area contributed by atoms with E-state index in [9.17, 15) is 8.42 Å². The smallest absolute Gasteiger partial charge is 0.264 e. The number of aryl methyl sites for hydroxylation is 1.